The SMILES string of the molecule is CC1(C)NC(C)(C)N(CCO)C1=O. The Morgan fingerprint density at radius 1 is 1.38 bits per heavy atom. The number of aliphatic hydroxyl groups excluding tert-OH is 1. The van der Waals surface area contributed by atoms with Crippen LogP contribution in [-0.2, 0) is 4.79 Å². The summed E-state index contributed by atoms with van der Waals surface area (Å²) >= 11 is 0. The van der Waals surface area contributed by atoms with Crippen LogP contribution in [0.15, 0.2) is 0 Å². The molecule has 0 unspecified atom stereocenters. The van der Waals surface area contributed by atoms with Gasteiger partial charge in [-0.15, -0.1) is 0 Å². The van der Waals surface area contributed by atoms with E-state index in [-0.39, 0.29) is 18.2 Å². The highest BCUT2D eigenvalue weighted by Gasteiger charge is 2.48. The Labute approximate surface area is 78.9 Å². The molecule has 1 heterocycles. The topological polar surface area (TPSA) is 52.6 Å². The lowest BCUT2D eigenvalue weighted by Gasteiger charge is -2.30. The van der Waals surface area contributed by atoms with Gasteiger partial charge in [-0.1, -0.05) is 0 Å². The summed E-state index contributed by atoms with van der Waals surface area (Å²) in [6.07, 6.45) is 0. The van der Waals surface area contributed by atoms with Gasteiger partial charge in [0.25, 0.3) is 0 Å². The molecule has 0 aromatic heterocycles. The van der Waals surface area contributed by atoms with Crippen molar-refractivity contribution in [2.24, 2.45) is 0 Å². The van der Waals surface area contributed by atoms with Gasteiger partial charge in [0.1, 0.15) is 0 Å². The van der Waals surface area contributed by atoms with Gasteiger partial charge in [0, 0.05) is 6.54 Å². The van der Waals surface area contributed by atoms with E-state index in [4.69, 9.17) is 5.11 Å². The van der Waals surface area contributed by atoms with Crippen LogP contribution in [0.25, 0.3) is 0 Å². The molecule has 4 nitrogen and oxygen atoms in total. The summed E-state index contributed by atoms with van der Waals surface area (Å²) in [4.78, 5) is 13.5. The number of nitrogens with one attached hydrogen (secondary N) is 1. The van der Waals surface area contributed by atoms with Crippen LogP contribution in [0.4, 0.5) is 0 Å². The van der Waals surface area contributed by atoms with Gasteiger partial charge < -0.3 is 10.0 Å². The standard InChI is InChI=1S/C9H18N2O2/c1-8(2)7(13)11(5-6-12)9(3,4)10-8/h10,12H,5-6H2,1-4H3. The Balaban J connectivity index is 2.88. The Hall–Kier alpha value is -0.610. The van der Waals surface area contributed by atoms with E-state index >= 15 is 0 Å². The molecule has 2 N–H and O–H groups in total. The second-order valence-corrected chi connectivity index (χ2v) is 4.49. The smallest absolute Gasteiger partial charge is 0.243 e. The summed E-state index contributed by atoms with van der Waals surface area (Å²) in [6, 6.07) is 0. The van der Waals surface area contributed by atoms with Crippen molar-refractivity contribution in [2.75, 3.05) is 13.2 Å². The van der Waals surface area contributed by atoms with Crippen molar-refractivity contribution in [3.05, 3.63) is 0 Å². The fourth-order valence-electron chi connectivity index (χ4n) is 1.96. The van der Waals surface area contributed by atoms with Crippen molar-refractivity contribution >= 4 is 5.91 Å². The molecule has 1 amide bonds. The Morgan fingerprint density at radius 3 is 2.23 bits per heavy atom. The first-order valence-electron chi connectivity index (χ1n) is 4.53. The maximum atomic E-state index is 11.8. The second-order valence-electron chi connectivity index (χ2n) is 4.49. The van der Waals surface area contributed by atoms with Crippen molar-refractivity contribution in [1.29, 1.82) is 0 Å². The lowest BCUT2D eigenvalue weighted by molar-refractivity contribution is -0.134. The third-order valence-corrected chi connectivity index (χ3v) is 2.40. The van der Waals surface area contributed by atoms with Gasteiger partial charge in [-0.25, -0.2) is 0 Å². The molecule has 76 valence electrons. The first-order chi connectivity index (χ1) is 5.81. The summed E-state index contributed by atoms with van der Waals surface area (Å²) in [6.45, 7) is 7.99. The largest absolute Gasteiger partial charge is 0.395 e. The number of β-amino-alcohol motifs (C(OH)–C–C–N with tert-alkyl or cyclic N) is 1. The number of hydrogen-bond acceptors (Lipinski definition) is 3. The predicted molar refractivity (Wildman–Crippen MR) is 50.1 cm³/mol. The van der Waals surface area contributed by atoms with Crippen molar-refractivity contribution in [3.8, 4) is 0 Å². The lowest BCUT2D eigenvalue weighted by Crippen LogP contribution is -2.49. The van der Waals surface area contributed by atoms with Crippen LogP contribution >= 0.6 is 0 Å². The highest BCUT2D eigenvalue weighted by molar-refractivity contribution is 5.88. The number of nitrogens with zero attached hydrogens (tertiary/aromatic N) is 1. The van der Waals surface area contributed by atoms with Crippen molar-refractivity contribution in [1.82, 2.24) is 10.2 Å². The summed E-state index contributed by atoms with van der Waals surface area (Å²) < 4.78 is 0. The summed E-state index contributed by atoms with van der Waals surface area (Å²) in [5.41, 5.74) is -0.873. The minimum absolute atomic E-state index is 0.00687. The van der Waals surface area contributed by atoms with E-state index in [1.54, 1.807) is 4.90 Å². The molecule has 0 radical (unpaired) electrons. The zero-order valence-corrected chi connectivity index (χ0v) is 8.72. The van der Waals surface area contributed by atoms with Gasteiger partial charge in [-0.2, -0.15) is 0 Å². The molecule has 4 heteroatoms. The summed E-state index contributed by atoms with van der Waals surface area (Å²) in [5.74, 6) is 0.0477. The fraction of sp³-hybridized carbons (Fsp3) is 0.889. The molecular formula is C9H18N2O2. The van der Waals surface area contributed by atoms with Crippen LogP contribution in [0, 0.1) is 0 Å². The van der Waals surface area contributed by atoms with Crippen LogP contribution in [-0.4, -0.2) is 40.3 Å². The number of carbonyl (C=O) groups is 1. The zero-order chi connectivity index (χ0) is 10.3. The lowest BCUT2D eigenvalue weighted by atomic mass is 10.1. The first-order valence-corrected chi connectivity index (χ1v) is 4.53. The predicted octanol–water partition coefficient (Wildman–Crippen LogP) is -0.0748. The molecule has 1 aliphatic rings. The molecule has 0 spiro atoms. The number of hydrogen-bond donors (Lipinski definition) is 2. The molecular weight excluding hydrogens is 168 g/mol. The Bertz CT molecular complexity index is 224. The quantitative estimate of drug-likeness (QED) is 0.634. The third kappa shape index (κ3) is 1.69. The maximum absolute atomic E-state index is 11.8. The van der Waals surface area contributed by atoms with E-state index in [1.807, 2.05) is 27.7 Å². The van der Waals surface area contributed by atoms with Crippen molar-refractivity contribution in [3.63, 3.8) is 0 Å². The van der Waals surface area contributed by atoms with E-state index in [0.29, 0.717) is 6.54 Å². The summed E-state index contributed by atoms with van der Waals surface area (Å²) in [5, 5.41) is 12.0. The number of carbonyl (C=O) groups excluding carboxylic acids is 1. The molecule has 13 heavy (non-hydrogen) atoms. The highest BCUT2D eigenvalue weighted by atomic mass is 16.3. The average Bonchev–Trinajstić information content (AvgIpc) is 2.09. The monoisotopic (exact) mass is 186 g/mol. The third-order valence-electron chi connectivity index (χ3n) is 2.40. The average molecular weight is 186 g/mol. The molecule has 0 bridgehead atoms. The van der Waals surface area contributed by atoms with Crippen LogP contribution in [0.5, 0.6) is 0 Å². The van der Waals surface area contributed by atoms with Crippen molar-refractivity contribution < 1.29 is 9.90 Å². The zero-order valence-electron chi connectivity index (χ0n) is 8.72. The van der Waals surface area contributed by atoms with Crippen LogP contribution in [0.2, 0.25) is 0 Å². The molecule has 0 saturated carbocycles. The molecule has 1 rings (SSSR count). The van der Waals surface area contributed by atoms with E-state index in [9.17, 15) is 4.79 Å². The summed E-state index contributed by atoms with van der Waals surface area (Å²) in [7, 11) is 0. The number of rotatable bonds is 2. The van der Waals surface area contributed by atoms with Crippen molar-refractivity contribution in [2.45, 2.75) is 38.9 Å². The maximum Gasteiger partial charge on any atom is 0.243 e. The van der Waals surface area contributed by atoms with Gasteiger partial charge in [-0.3, -0.25) is 10.1 Å². The van der Waals surface area contributed by atoms with Gasteiger partial charge in [-0.05, 0) is 27.7 Å². The Kier molecular flexibility index (Phi) is 2.38. The molecule has 1 aliphatic heterocycles. The molecule has 0 atom stereocenters. The van der Waals surface area contributed by atoms with Gasteiger partial charge in [0.2, 0.25) is 5.91 Å². The highest BCUT2D eigenvalue weighted by Crippen LogP contribution is 2.26. The fourth-order valence-corrected chi connectivity index (χ4v) is 1.96. The first kappa shape index (κ1) is 10.5. The molecule has 0 aromatic rings. The van der Waals surface area contributed by atoms with Gasteiger partial charge in [0.15, 0.2) is 0 Å². The molecule has 1 fully saturated rings. The van der Waals surface area contributed by atoms with Crippen LogP contribution < -0.4 is 5.32 Å². The molecule has 0 aromatic carbocycles. The minimum atomic E-state index is -0.515. The van der Waals surface area contributed by atoms with Crippen LogP contribution in [0.3, 0.4) is 0 Å². The van der Waals surface area contributed by atoms with E-state index in [2.05, 4.69) is 5.32 Å². The minimum Gasteiger partial charge on any atom is -0.395 e. The van der Waals surface area contributed by atoms with Gasteiger partial charge in [0.05, 0.1) is 17.8 Å². The van der Waals surface area contributed by atoms with E-state index in [1.165, 1.54) is 0 Å². The van der Waals surface area contributed by atoms with Crippen LogP contribution in [0.1, 0.15) is 27.7 Å². The van der Waals surface area contributed by atoms with E-state index < -0.39 is 5.54 Å². The number of amides is 1. The molecule has 1 saturated heterocycles. The van der Waals surface area contributed by atoms with Gasteiger partial charge >= 0.3 is 0 Å². The van der Waals surface area contributed by atoms with E-state index in [0.717, 1.165) is 0 Å². The number of aliphatic hydroxyl groups is 1. The normalized spacial score (nSPS) is 25.3. The molecule has 0 aliphatic carbocycles. The second kappa shape index (κ2) is 2.96. The Morgan fingerprint density at radius 2 is 1.92 bits per heavy atom.